The van der Waals surface area contributed by atoms with Crippen LogP contribution in [-0.2, 0) is 6.42 Å². The predicted molar refractivity (Wildman–Crippen MR) is 91.4 cm³/mol. The van der Waals surface area contributed by atoms with Crippen LogP contribution in [0.5, 0.6) is 0 Å². The number of hydrogen-bond acceptors (Lipinski definition) is 2. The molecule has 2 nitrogen and oxygen atoms in total. The van der Waals surface area contributed by atoms with Gasteiger partial charge in [0.1, 0.15) is 0 Å². The molecule has 2 rings (SSSR count). The molecule has 0 amide bonds. The van der Waals surface area contributed by atoms with E-state index in [-0.39, 0.29) is 0 Å². The van der Waals surface area contributed by atoms with E-state index in [4.69, 9.17) is 5.73 Å². The lowest BCUT2D eigenvalue weighted by Gasteiger charge is -2.32. The fourth-order valence-electron chi connectivity index (χ4n) is 3.37. The summed E-state index contributed by atoms with van der Waals surface area (Å²) in [6.07, 6.45) is 10.7. The molecule has 0 aromatic heterocycles. The standard InChI is InChI=1S/C19H32N2/c20-13-7-2-1-3-8-14-21-15-11-19(12-16-21)17-18-9-5-4-6-10-18/h4-6,9-10,19H,1-3,7-8,11-17,20H2. The van der Waals surface area contributed by atoms with Gasteiger partial charge in [0.25, 0.3) is 0 Å². The number of hydrogen-bond donors (Lipinski definition) is 1. The van der Waals surface area contributed by atoms with Crippen molar-refractivity contribution in [3.05, 3.63) is 35.9 Å². The zero-order valence-electron chi connectivity index (χ0n) is 13.5. The van der Waals surface area contributed by atoms with Gasteiger partial charge in [0.2, 0.25) is 0 Å². The Hall–Kier alpha value is -0.860. The fraction of sp³-hybridized carbons (Fsp3) is 0.684. The van der Waals surface area contributed by atoms with E-state index in [1.807, 2.05) is 0 Å². The second-order valence-corrected chi connectivity index (χ2v) is 6.53. The summed E-state index contributed by atoms with van der Waals surface area (Å²) >= 11 is 0. The summed E-state index contributed by atoms with van der Waals surface area (Å²) in [7, 11) is 0. The monoisotopic (exact) mass is 288 g/mol. The first-order valence-electron chi connectivity index (χ1n) is 8.85. The minimum atomic E-state index is 0.856. The summed E-state index contributed by atoms with van der Waals surface area (Å²) in [6, 6.07) is 11.0. The Bertz CT molecular complexity index is 355. The van der Waals surface area contributed by atoms with Crippen LogP contribution in [0.2, 0.25) is 0 Å². The zero-order chi connectivity index (χ0) is 14.8. The highest BCUT2D eigenvalue weighted by Crippen LogP contribution is 2.21. The van der Waals surface area contributed by atoms with Gasteiger partial charge in [-0.2, -0.15) is 0 Å². The van der Waals surface area contributed by atoms with Gasteiger partial charge in [-0.1, -0.05) is 49.6 Å². The average Bonchev–Trinajstić information content (AvgIpc) is 2.53. The molecule has 1 saturated heterocycles. The Labute approximate surface area is 130 Å². The van der Waals surface area contributed by atoms with Gasteiger partial charge < -0.3 is 10.6 Å². The molecule has 21 heavy (non-hydrogen) atoms. The topological polar surface area (TPSA) is 29.3 Å². The van der Waals surface area contributed by atoms with Crippen molar-refractivity contribution >= 4 is 0 Å². The number of rotatable bonds is 9. The molecule has 0 atom stereocenters. The third-order valence-corrected chi connectivity index (χ3v) is 4.75. The van der Waals surface area contributed by atoms with Gasteiger partial charge in [0, 0.05) is 0 Å². The van der Waals surface area contributed by atoms with Crippen LogP contribution in [0.1, 0.15) is 50.5 Å². The van der Waals surface area contributed by atoms with E-state index in [0.717, 1.165) is 12.5 Å². The molecule has 0 aliphatic carbocycles. The molecule has 1 fully saturated rings. The number of nitrogens with two attached hydrogens (primary N) is 1. The van der Waals surface area contributed by atoms with Crippen molar-refractivity contribution in [2.75, 3.05) is 26.2 Å². The molecule has 0 spiro atoms. The smallest absolute Gasteiger partial charge is 0.00160 e. The van der Waals surface area contributed by atoms with Crippen LogP contribution in [-0.4, -0.2) is 31.1 Å². The van der Waals surface area contributed by atoms with Crippen LogP contribution >= 0.6 is 0 Å². The second-order valence-electron chi connectivity index (χ2n) is 6.53. The number of nitrogens with zero attached hydrogens (tertiary/aromatic N) is 1. The fourth-order valence-corrected chi connectivity index (χ4v) is 3.37. The molecule has 2 heteroatoms. The van der Waals surface area contributed by atoms with Crippen LogP contribution in [0, 0.1) is 5.92 Å². The Morgan fingerprint density at radius 2 is 1.57 bits per heavy atom. The number of unbranched alkanes of at least 4 members (excludes halogenated alkanes) is 4. The van der Waals surface area contributed by atoms with E-state index < -0.39 is 0 Å². The summed E-state index contributed by atoms with van der Waals surface area (Å²) in [5.41, 5.74) is 7.03. The summed E-state index contributed by atoms with van der Waals surface area (Å²) in [5, 5.41) is 0. The van der Waals surface area contributed by atoms with Crippen LogP contribution in [0.4, 0.5) is 0 Å². The molecular formula is C19H32N2. The van der Waals surface area contributed by atoms with Crippen LogP contribution in [0.15, 0.2) is 30.3 Å². The average molecular weight is 288 g/mol. The maximum Gasteiger partial charge on any atom is -0.00160 e. The first kappa shape index (κ1) is 16.5. The second kappa shape index (κ2) is 9.97. The Morgan fingerprint density at radius 3 is 2.29 bits per heavy atom. The molecule has 1 aliphatic rings. The minimum absolute atomic E-state index is 0.856. The Morgan fingerprint density at radius 1 is 0.905 bits per heavy atom. The van der Waals surface area contributed by atoms with Crippen molar-refractivity contribution in [1.82, 2.24) is 4.90 Å². The van der Waals surface area contributed by atoms with E-state index in [1.54, 1.807) is 0 Å². The molecule has 1 heterocycles. The molecule has 1 aliphatic heterocycles. The predicted octanol–water partition coefficient (Wildman–Crippen LogP) is 3.85. The number of benzene rings is 1. The quantitative estimate of drug-likeness (QED) is 0.699. The summed E-state index contributed by atoms with van der Waals surface area (Å²) in [5.74, 6) is 0.896. The zero-order valence-corrected chi connectivity index (χ0v) is 13.5. The first-order valence-corrected chi connectivity index (χ1v) is 8.85. The van der Waals surface area contributed by atoms with Gasteiger partial charge in [0.05, 0.1) is 0 Å². The van der Waals surface area contributed by atoms with Crippen molar-refractivity contribution in [3.8, 4) is 0 Å². The van der Waals surface area contributed by atoms with Gasteiger partial charge in [-0.05, 0) is 69.8 Å². The molecule has 1 aromatic rings. The molecule has 0 bridgehead atoms. The highest BCUT2D eigenvalue weighted by molar-refractivity contribution is 5.15. The first-order chi connectivity index (χ1) is 10.4. The Kier molecular flexibility index (Phi) is 7.83. The van der Waals surface area contributed by atoms with Gasteiger partial charge >= 0.3 is 0 Å². The van der Waals surface area contributed by atoms with Gasteiger partial charge in [-0.15, -0.1) is 0 Å². The van der Waals surface area contributed by atoms with Crippen molar-refractivity contribution in [2.24, 2.45) is 11.7 Å². The molecule has 118 valence electrons. The Balaban J connectivity index is 1.54. The van der Waals surface area contributed by atoms with E-state index in [0.29, 0.717) is 0 Å². The molecule has 1 aromatic carbocycles. The van der Waals surface area contributed by atoms with Crippen LogP contribution in [0.3, 0.4) is 0 Å². The summed E-state index contributed by atoms with van der Waals surface area (Å²) < 4.78 is 0. The number of likely N-dealkylation sites (tertiary alicyclic amines) is 1. The maximum absolute atomic E-state index is 5.52. The largest absolute Gasteiger partial charge is 0.330 e. The number of piperidine rings is 1. The molecule has 0 radical (unpaired) electrons. The van der Waals surface area contributed by atoms with Gasteiger partial charge in [0.15, 0.2) is 0 Å². The lowest BCUT2D eigenvalue weighted by Crippen LogP contribution is -2.35. The lowest BCUT2D eigenvalue weighted by atomic mass is 9.90. The molecule has 0 unspecified atom stereocenters. The van der Waals surface area contributed by atoms with Gasteiger partial charge in [-0.3, -0.25) is 0 Å². The summed E-state index contributed by atoms with van der Waals surface area (Å²) in [6.45, 7) is 4.77. The van der Waals surface area contributed by atoms with E-state index in [1.165, 1.54) is 76.6 Å². The SMILES string of the molecule is NCCCCCCCN1CCC(Cc2ccccc2)CC1. The normalized spacial score (nSPS) is 17.2. The molecular weight excluding hydrogens is 256 g/mol. The molecule has 2 N–H and O–H groups in total. The molecule has 0 saturated carbocycles. The van der Waals surface area contributed by atoms with E-state index >= 15 is 0 Å². The van der Waals surface area contributed by atoms with Crippen molar-refractivity contribution in [2.45, 2.75) is 51.4 Å². The van der Waals surface area contributed by atoms with Crippen LogP contribution in [0.25, 0.3) is 0 Å². The maximum atomic E-state index is 5.52. The van der Waals surface area contributed by atoms with Crippen molar-refractivity contribution in [3.63, 3.8) is 0 Å². The van der Waals surface area contributed by atoms with E-state index in [2.05, 4.69) is 35.2 Å². The lowest BCUT2D eigenvalue weighted by molar-refractivity contribution is 0.181. The van der Waals surface area contributed by atoms with Crippen molar-refractivity contribution < 1.29 is 0 Å². The van der Waals surface area contributed by atoms with E-state index in [9.17, 15) is 0 Å². The third-order valence-electron chi connectivity index (χ3n) is 4.75. The third kappa shape index (κ3) is 6.62. The van der Waals surface area contributed by atoms with Crippen LogP contribution < -0.4 is 5.73 Å². The minimum Gasteiger partial charge on any atom is -0.330 e. The van der Waals surface area contributed by atoms with Crippen molar-refractivity contribution in [1.29, 1.82) is 0 Å². The highest BCUT2D eigenvalue weighted by Gasteiger charge is 2.18. The summed E-state index contributed by atoms with van der Waals surface area (Å²) in [4.78, 5) is 2.67. The van der Waals surface area contributed by atoms with Gasteiger partial charge in [-0.25, -0.2) is 0 Å². The highest BCUT2D eigenvalue weighted by atomic mass is 15.1.